The van der Waals surface area contributed by atoms with E-state index in [0.717, 1.165) is 51.4 Å². The van der Waals surface area contributed by atoms with Crippen LogP contribution in [0.25, 0.3) is 0 Å². The van der Waals surface area contributed by atoms with Gasteiger partial charge in [0, 0.05) is 0 Å². The van der Waals surface area contributed by atoms with Crippen molar-refractivity contribution in [3.8, 4) is 0 Å². The molecule has 0 aliphatic carbocycles. The summed E-state index contributed by atoms with van der Waals surface area (Å²) in [5, 5.41) is 14.3. The third kappa shape index (κ3) is 26.2. The molecule has 0 aliphatic rings. The normalized spacial score (nSPS) is 12.6. The molecule has 0 radical (unpaired) electrons. The van der Waals surface area contributed by atoms with E-state index < -0.39 is 77.2 Å². The van der Waals surface area contributed by atoms with Gasteiger partial charge in [0.15, 0.2) is 5.25 Å². The Morgan fingerprint density at radius 1 is 0.659 bits per heavy atom. The summed E-state index contributed by atoms with van der Waals surface area (Å²) in [4.78, 5) is 65.2. The topological polar surface area (TPSA) is 234 Å². The number of carboxylic acid groups (broad SMARTS) is 2. The number of carbonyl (C=O) groups excluding carboxylic acids is 4. The summed E-state index contributed by atoms with van der Waals surface area (Å²) in [5.41, 5.74) is 0. The number of ether oxygens (including phenoxy) is 4. The average molecular weight is 667 g/mol. The average Bonchev–Trinajstić information content (AvgIpc) is 2.90. The SMILES string of the molecule is CCCCC(CC)COC(=O)CC(C(=O)OCC(CC)CCCC)S(=O)(=O)O.O=C(O)CC(=O)OCOC(=O)CC(=O)O.[NaH]. The molecule has 0 bridgehead atoms. The van der Waals surface area contributed by atoms with Gasteiger partial charge in [0.25, 0.3) is 10.1 Å². The van der Waals surface area contributed by atoms with E-state index in [2.05, 4.69) is 23.3 Å². The predicted octanol–water partition coefficient (Wildman–Crippen LogP) is 2.48. The van der Waals surface area contributed by atoms with Gasteiger partial charge in [-0.1, -0.05) is 66.2 Å². The molecule has 252 valence electrons. The molecular formula is C27H47NaO15S. The number of hydrogen-bond acceptors (Lipinski definition) is 12. The van der Waals surface area contributed by atoms with Crippen LogP contribution in [-0.4, -0.2) is 114 Å². The molecule has 15 nitrogen and oxygen atoms in total. The summed E-state index contributed by atoms with van der Waals surface area (Å²) in [5.74, 6) is -6.52. The van der Waals surface area contributed by atoms with E-state index in [-0.39, 0.29) is 54.6 Å². The molecule has 3 unspecified atom stereocenters. The van der Waals surface area contributed by atoms with Crippen LogP contribution >= 0.6 is 0 Å². The molecule has 44 heavy (non-hydrogen) atoms. The second-order valence-electron chi connectivity index (χ2n) is 9.65. The molecule has 0 amide bonds. The molecule has 3 N–H and O–H groups in total. The fourth-order valence-corrected chi connectivity index (χ4v) is 3.99. The van der Waals surface area contributed by atoms with Crippen molar-refractivity contribution in [3.63, 3.8) is 0 Å². The Bertz CT molecular complexity index is 956. The summed E-state index contributed by atoms with van der Waals surface area (Å²) >= 11 is 0. The van der Waals surface area contributed by atoms with Crippen LogP contribution < -0.4 is 0 Å². The van der Waals surface area contributed by atoms with Crippen LogP contribution in [-0.2, 0) is 57.8 Å². The van der Waals surface area contributed by atoms with Gasteiger partial charge in [0.1, 0.15) is 12.8 Å². The Kier molecular flexibility index (Phi) is 28.4. The minimum absolute atomic E-state index is 0. The molecule has 0 fully saturated rings. The fourth-order valence-electron chi connectivity index (χ4n) is 3.33. The summed E-state index contributed by atoms with van der Waals surface area (Å²) < 4.78 is 51.1. The molecule has 0 rings (SSSR count). The molecule has 0 aromatic heterocycles. The Balaban J connectivity index is -0.000000890. The Morgan fingerprint density at radius 2 is 1.07 bits per heavy atom. The van der Waals surface area contributed by atoms with Crippen LogP contribution in [0.5, 0.6) is 0 Å². The number of rotatable bonds is 22. The van der Waals surface area contributed by atoms with Crippen LogP contribution in [0.1, 0.15) is 98.3 Å². The second kappa shape index (κ2) is 27.1. The van der Waals surface area contributed by atoms with Gasteiger partial charge >= 0.3 is 65.4 Å². The van der Waals surface area contributed by atoms with Crippen molar-refractivity contribution in [3.05, 3.63) is 0 Å². The van der Waals surface area contributed by atoms with Crippen LogP contribution in [0.3, 0.4) is 0 Å². The van der Waals surface area contributed by atoms with E-state index in [9.17, 15) is 41.7 Å². The van der Waals surface area contributed by atoms with Crippen molar-refractivity contribution in [1.82, 2.24) is 0 Å². The van der Waals surface area contributed by atoms with Gasteiger partial charge in [0.2, 0.25) is 6.79 Å². The molecule has 0 aromatic carbocycles. The standard InChI is InChI=1S/C20H38O7S.C7H8O8.Na.H/c1-5-9-11-16(7-3)14-26-19(21)13-18(28(23,24)25)20(22)27-15-17(8-4)12-10-6-2;8-4(9)1-6(12)14-3-15-7(13)2-5(10)11;;/h16-18H,5-15H2,1-4H3,(H,23,24,25);1-3H2,(H,8,9)(H,10,11);;. The number of unbranched alkanes of at least 4 members (excludes halogenated alkanes) is 2. The van der Waals surface area contributed by atoms with Gasteiger partial charge in [-0.3, -0.25) is 33.3 Å². The van der Waals surface area contributed by atoms with Crippen molar-refractivity contribution < 1.29 is 70.9 Å². The molecule has 0 aliphatic heterocycles. The molecule has 0 saturated carbocycles. The zero-order valence-electron chi connectivity index (χ0n) is 25.3. The molecule has 0 saturated heterocycles. The molecule has 0 aromatic rings. The van der Waals surface area contributed by atoms with E-state index in [0.29, 0.717) is 0 Å². The first-order valence-electron chi connectivity index (χ1n) is 14.1. The number of carboxylic acids is 2. The summed E-state index contributed by atoms with van der Waals surface area (Å²) in [6.45, 7) is 7.56. The molecule has 0 spiro atoms. The van der Waals surface area contributed by atoms with E-state index in [1.54, 1.807) is 0 Å². The number of aliphatic carboxylic acids is 2. The maximum atomic E-state index is 12.2. The zero-order valence-corrected chi connectivity index (χ0v) is 26.1. The quantitative estimate of drug-likeness (QED) is 0.0376. The van der Waals surface area contributed by atoms with Gasteiger partial charge in [-0.15, -0.1) is 0 Å². The van der Waals surface area contributed by atoms with Gasteiger partial charge in [-0.25, -0.2) is 0 Å². The maximum absolute atomic E-state index is 12.2. The van der Waals surface area contributed by atoms with Crippen molar-refractivity contribution >= 4 is 75.5 Å². The van der Waals surface area contributed by atoms with E-state index in [1.807, 2.05) is 13.8 Å². The van der Waals surface area contributed by atoms with Crippen molar-refractivity contribution in [2.75, 3.05) is 20.0 Å². The first-order chi connectivity index (χ1) is 20.1. The predicted molar refractivity (Wildman–Crippen MR) is 157 cm³/mol. The molecule has 3 atom stereocenters. The molecule has 17 heteroatoms. The monoisotopic (exact) mass is 666 g/mol. The summed E-state index contributed by atoms with van der Waals surface area (Å²) in [7, 11) is -4.76. The minimum atomic E-state index is -4.76. The second-order valence-corrected chi connectivity index (χ2v) is 11.2. The number of carbonyl (C=O) groups is 6. The Hall–Kier alpha value is -2.27. The Morgan fingerprint density at radius 3 is 1.41 bits per heavy atom. The zero-order chi connectivity index (χ0) is 33.4. The van der Waals surface area contributed by atoms with Crippen LogP contribution in [0, 0.1) is 11.8 Å². The number of hydrogen-bond donors (Lipinski definition) is 3. The molecular weight excluding hydrogens is 619 g/mol. The first kappa shape index (κ1) is 46.2. The van der Waals surface area contributed by atoms with Crippen molar-refractivity contribution in [2.45, 2.75) is 104 Å². The van der Waals surface area contributed by atoms with Crippen LogP contribution in [0.4, 0.5) is 0 Å². The van der Waals surface area contributed by atoms with E-state index in [1.165, 1.54) is 0 Å². The summed E-state index contributed by atoms with van der Waals surface area (Å²) in [6, 6.07) is 0. The molecule has 0 heterocycles. The van der Waals surface area contributed by atoms with Crippen LogP contribution in [0.15, 0.2) is 0 Å². The van der Waals surface area contributed by atoms with Crippen molar-refractivity contribution in [2.24, 2.45) is 11.8 Å². The van der Waals surface area contributed by atoms with Crippen LogP contribution in [0.2, 0.25) is 0 Å². The van der Waals surface area contributed by atoms with Gasteiger partial charge in [-0.05, 0) is 24.7 Å². The Labute approximate surface area is 280 Å². The van der Waals surface area contributed by atoms with Crippen molar-refractivity contribution in [1.29, 1.82) is 0 Å². The fraction of sp³-hybridized carbons (Fsp3) is 0.778. The third-order valence-corrected chi connectivity index (χ3v) is 7.11. The van der Waals surface area contributed by atoms with Gasteiger partial charge in [-0.2, -0.15) is 8.42 Å². The third-order valence-electron chi connectivity index (χ3n) is 6.03. The summed E-state index contributed by atoms with van der Waals surface area (Å²) in [6.07, 6.45) is 5.04. The van der Waals surface area contributed by atoms with E-state index in [4.69, 9.17) is 19.7 Å². The first-order valence-corrected chi connectivity index (χ1v) is 15.6. The van der Waals surface area contributed by atoms with Gasteiger partial charge < -0.3 is 29.2 Å². The number of esters is 4. The van der Waals surface area contributed by atoms with Gasteiger partial charge in [0.05, 0.1) is 19.6 Å². The van der Waals surface area contributed by atoms with E-state index >= 15 is 0 Å².